The molecule has 0 atom stereocenters. The van der Waals surface area contributed by atoms with Crippen molar-refractivity contribution in [2.75, 3.05) is 5.32 Å². The summed E-state index contributed by atoms with van der Waals surface area (Å²) in [4.78, 5) is 29.5. The highest BCUT2D eigenvalue weighted by atomic mass is 19.2. The van der Waals surface area contributed by atoms with Crippen LogP contribution in [0, 0.1) is 11.6 Å². The highest BCUT2D eigenvalue weighted by Gasteiger charge is 2.29. The van der Waals surface area contributed by atoms with Crippen LogP contribution in [0.2, 0.25) is 0 Å². The summed E-state index contributed by atoms with van der Waals surface area (Å²) in [6.07, 6.45) is 2.43. The number of nitrogens with zero attached hydrogens (tertiary/aromatic N) is 2. The molecule has 0 saturated heterocycles. The standard InChI is InChI=1S/C19H22F2N4O2/c1-19(2,3)24-17(26)15-14-6-4-5-9-25(14)16(23-15)18(27)22-11-7-8-12(20)13(21)10-11/h7-8,10H,4-6,9H2,1-3H3,(H,22,27)(H,24,26). The van der Waals surface area contributed by atoms with E-state index in [1.165, 1.54) is 6.07 Å². The van der Waals surface area contributed by atoms with Gasteiger partial charge in [0.2, 0.25) is 0 Å². The van der Waals surface area contributed by atoms with Crippen LogP contribution in [0.1, 0.15) is 60.4 Å². The lowest BCUT2D eigenvalue weighted by molar-refractivity contribution is 0.0913. The minimum Gasteiger partial charge on any atom is -0.346 e. The van der Waals surface area contributed by atoms with Gasteiger partial charge in [-0.25, -0.2) is 13.8 Å². The molecule has 6 nitrogen and oxygen atoms in total. The average Bonchev–Trinajstić information content (AvgIpc) is 2.97. The summed E-state index contributed by atoms with van der Waals surface area (Å²) in [6.45, 7) is 6.17. The Kier molecular flexibility index (Phi) is 4.99. The maximum absolute atomic E-state index is 13.4. The van der Waals surface area contributed by atoms with Crippen molar-refractivity contribution in [3.05, 3.63) is 47.0 Å². The second kappa shape index (κ2) is 7.09. The number of halogens is 2. The van der Waals surface area contributed by atoms with Crippen LogP contribution in [0.15, 0.2) is 18.2 Å². The van der Waals surface area contributed by atoms with E-state index in [2.05, 4.69) is 15.6 Å². The summed E-state index contributed by atoms with van der Waals surface area (Å²) in [5, 5.41) is 5.38. The van der Waals surface area contributed by atoms with Crippen molar-refractivity contribution in [1.29, 1.82) is 0 Å². The topological polar surface area (TPSA) is 76.0 Å². The molecule has 3 rings (SSSR count). The van der Waals surface area contributed by atoms with Gasteiger partial charge in [0, 0.05) is 23.8 Å². The fourth-order valence-corrected chi connectivity index (χ4v) is 3.06. The Hall–Kier alpha value is -2.77. The molecule has 0 unspecified atom stereocenters. The molecule has 0 radical (unpaired) electrons. The van der Waals surface area contributed by atoms with E-state index in [4.69, 9.17) is 0 Å². The van der Waals surface area contributed by atoms with Crippen LogP contribution in [-0.4, -0.2) is 26.9 Å². The van der Waals surface area contributed by atoms with E-state index in [9.17, 15) is 18.4 Å². The number of hydrogen-bond acceptors (Lipinski definition) is 3. The molecule has 0 fully saturated rings. The lowest BCUT2D eigenvalue weighted by Crippen LogP contribution is -2.41. The smallest absolute Gasteiger partial charge is 0.291 e. The van der Waals surface area contributed by atoms with Gasteiger partial charge in [-0.15, -0.1) is 0 Å². The minimum atomic E-state index is -1.05. The quantitative estimate of drug-likeness (QED) is 0.863. The van der Waals surface area contributed by atoms with Gasteiger partial charge in [-0.2, -0.15) is 0 Å². The first-order valence-corrected chi connectivity index (χ1v) is 8.84. The Morgan fingerprint density at radius 3 is 2.52 bits per heavy atom. The van der Waals surface area contributed by atoms with Gasteiger partial charge in [-0.1, -0.05) is 0 Å². The maximum atomic E-state index is 13.4. The number of hydrogen-bond donors (Lipinski definition) is 2. The molecule has 27 heavy (non-hydrogen) atoms. The first kappa shape index (κ1) is 19.0. The van der Waals surface area contributed by atoms with Crippen LogP contribution in [-0.2, 0) is 13.0 Å². The largest absolute Gasteiger partial charge is 0.346 e. The molecule has 2 heterocycles. The Bertz CT molecular complexity index is 900. The number of fused-ring (bicyclic) bond motifs is 1. The van der Waals surface area contributed by atoms with Crippen molar-refractivity contribution in [1.82, 2.24) is 14.9 Å². The van der Waals surface area contributed by atoms with Crippen molar-refractivity contribution in [3.8, 4) is 0 Å². The Labute approximate surface area is 156 Å². The molecule has 2 N–H and O–H groups in total. The van der Waals surface area contributed by atoms with E-state index in [0.717, 1.165) is 30.7 Å². The third-order valence-corrected chi connectivity index (χ3v) is 4.20. The number of amides is 2. The minimum absolute atomic E-state index is 0.0912. The molecular formula is C19H22F2N4O2. The average molecular weight is 376 g/mol. The summed E-state index contributed by atoms with van der Waals surface area (Å²) in [5.41, 5.74) is 0.641. The number of imidazole rings is 1. The summed E-state index contributed by atoms with van der Waals surface area (Å²) < 4.78 is 28.2. The monoisotopic (exact) mass is 376 g/mol. The highest BCUT2D eigenvalue weighted by Crippen LogP contribution is 2.23. The zero-order valence-electron chi connectivity index (χ0n) is 15.5. The molecule has 144 valence electrons. The third-order valence-electron chi connectivity index (χ3n) is 4.20. The van der Waals surface area contributed by atoms with E-state index in [1.807, 2.05) is 20.8 Å². The first-order chi connectivity index (χ1) is 12.7. The predicted molar refractivity (Wildman–Crippen MR) is 96.7 cm³/mol. The van der Waals surface area contributed by atoms with Crippen LogP contribution in [0.5, 0.6) is 0 Å². The van der Waals surface area contributed by atoms with E-state index in [0.29, 0.717) is 13.0 Å². The van der Waals surface area contributed by atoms with E-state index in [-0.39, 0.29) is 23.1 Å². The molecule has 2 amide bonds. The number of nitrogens with one attached hydrogen (secondary N) is 2. The summed E-state index contributed by atoms with van der Waals surface area (Å²) in [6, 6.07) is 3.11. The maximum Gasteiger partial charge on any atom is 0.291 e. The number of carbonyl (C=O) groups excluding carboxylic acids is 2. The highest BCUT2D eigenvalue weighted by molar-refractivity contribution is 6.03. The van der Waals surface area contributed by atoms with Gasteiger partial charge in [0.25, 0.3) is 11.8 Å². The van der Waals surface area contributed by atoms with Crippen molar-refractivity contribution in [3.63, 3.8) is 0 Å². The van der Waals surface area contributed by atoms with E-state index >= 15 is 0 Å². The Morgan fingerprint density at radius 1 is 1.11 bits per heavy atom. The third kappa shape index (κ3) is 4.15. The predicted octanol–water partition coefficient (Wildman–Crippen LogP) is 3.28. The number of carbonyl (C=O) groups is 2. The van der Waals surface area contributed by atoms with Gasteiger partial charge >= 0.3 is 0 Å². The van der Waals surface area contributed by atoms with Crippen LogP contribution in [0.3, 0.4) is 0 Å². The molecule has 1 aliphatic heterocycles. The van der Waals surface area contributed by atoms with Crippen molar-refractivity contribution >= 4 is 17.5 Å². The summed E-state index contributed by atoms with van der Waals surface area (Å²) in [7, 11) is 0. The molecule has 0 spiro atoms. The number of anilines is 1. The zero-order chi connectivity index (χ0) is 19.8. The second-order valence-electron chi connectivity index (χ2n) is 7.63. The molecule has 2 aromatic rings. The lowest BCUT2D eigenvalue weighted by Gasteiger charge is -2.21. The molecule has 0 bridgehead atoms. The van der Waals surface area contributed by atoms with E-state index in [1.54, 1.807) is 4.57 Å². The van der Waals surface area contributed by atoms with Crippen LogP contribution in [0.25, 0.3) is 0 Å². The summed E-state index contributed by atoms with van der Waals surface area (Å²) in [5.74, 6) is -2.86. The fraction of sp³-hybridized carbons (Fsp3) is 0.421. The van der Waals surface area contributed by atoms with Crippen LogP contribution < -0.4 is 10.6 Å². The second-order valence-corrected chi connectivity index (χ2v) is 7.63. The zero-order valence-corrected chi connectivity index (χ0v) is 15.5. The van der Waals surface area contributed by atoms with Crippen LogP contribution >= 0.6 is 0 Å². The fourth-order valence-electron chi connectivity index (χ4n) is 3.06. The number of aromatic nitrogens is 2. The molecule has 0 aliphatic carbocycles. The van der Waals surface area contributed by atoms with Gasteiger partial charge in [0.1, 0.15) is 5.69 Å². The Balaban J connectivity index is 1.91. The summed E-state index contributed by atoms with van der Waals surface area (Å²) >= 11 is 0. The van der Waals surface area contributed by atoms with Gasteiger partial charge in [-0.05, 0) is 52.2 Å². The molecular weight excluding hydrogens is 354 g/mol. The molecule has 1 aromatic heterocycles. The molecule has 1 aromatic carbocycles. The normalized spacial score (nSPS) is 13.8. The van der Waals surface area contributed by atoms with Gasteiger partial charge in [0.05, 0.1) is 5.69 Å². The number of rotatable bonds is 3. The van der Waals surface area contributed by atoms with E-state index < -0.39 is 23.1 Å². The number of benzene rings is 1. The Morgan fingerprint density at radius 2 is 1.85 bits per heavy atom. The van der Waals surface area contributed by atoms with Gasteiger partial charge in [-0.3, -0.25) is 9.59 Å². The van der Waals surface area contributed by atoms with Gasteiger partial charge < -0.3 is 15.2 Å². The first-order valence-electron chi connectivity index (χ1n) is 8.84. The lowest BCUT2D eigenvalue weighted by atomic mass is 10.1. The van der Waals surface area contributed by atoms with Crippen molar-refractivity contribution < 1.29 is 18.4 Å². The van der Waals surface area contributed by atoms with Crippen molar-refractivity contribution in [2.45, 2.75) is 52.1 Å². The molecule has 0 saturated carbocycles. The van der Waals surface area contributed by atoms with Gasteiger partial charge in [0.15, 0.2) is 17.5 Å². The van der Waals surface area contributed by atoms with Crippen molar-refractivity contribution in [2.24, 2.45) is 0 Å². The molecule has 8 heteroatoms. The van der Waals surface area contributed by atoms with Crippen LogP contribution in [0.4, 0.5) is 14.5 Å². The molecule has 1 aliphatic rings. The SMILES string of the molecule is CC(C)(C)NC(=O)c1nc(C(=O)Nc2ccc(F)c(F)c2)n2c1CCCC2.